The van der Waals surface area contributed by atoms with Gasteiger partial charge in [0.2, 0.25) is 0 Å². The molecular formula is C11H22N5O13P3. The number of phosphoric acid groups is 3. The zero-order valence-electron chi connectivity index (χ0n) is 16.0. The fourth-order valence-electron chi connectivity index (χ4n) is 3.71. The Balaban J connectivity index is 1.37. The Morgan fingerprint density at radius 1 is 1.09 bits per heavy atom. The normalized spacial score (nSPS) is 40.6. The molecule has 0 amide bonds. The van der Waals surface area contributed by atoms with Gasteiger partial charge < -0.3 is 39.4 Å². The van der Waals surface area contributed by atoms with Crippen LogP contribution in [0.1, 0.15) is 0 Å². The largest absolute Gasteiger partial charge is 0.490 e. The number of nitrogens with zero attached hydrogens (tertiary/aromatic N) is 2. The maximum absolute atomic E-state index is 11.9. The number of amidine groups is 1. The van der Waals surface area contributed by atoms with E-state index in [1.165, 1.54) is 0 Å². The lowest BCUT2D eigenvalue weighted by Gasteiger charge is -2.32. The Kier molecular flexibility index (Phi) is 6.49. The van der Waals surface area contributed by atoms with Crippen LogP contribution in [0.25, 0.3) is 0 Å². The van der Waals surface area contributed by atoms with Gasteiger partial charge in [-0.05, 0) is 0 Å². The van der Waals surface area contributed by atoms with Crippen molar-refractivity contribution in [3.8, 4) is 0 Å². The summed E-state index contributed by atoms with van der Waals surface area (Å²) in [5, 5.41) is 30.3. The van der Waals surface area contributed by atoms with Gasteiger partial charge in [0.05, 0.1) is 26.0 Å². The van der Waals surface area contributed by atoms with Crippen LogP contribution in [-0.2, 0) is 31.6 Å². The van der Waals surface area contributed by atoms with E-state index >= 15 is 0 Å². The minimum atomic E-state index is -5.67. The van der Waals surface area contributed by atoms with Gasteiger partial charge in [0.25, 0.3) is 0 Å². The molecule has 8 atom stereocenters. The number of phosphoric ester groups is 1. The summed E-state index contributed by atoms with van der Waals surface area (Å²) >= 11 is 0. The first-order valence-electron chi connectivity index (χ1n) is 9.06. The molecule has 0 aromatic carbocycles. The van der Waals surface area contributed by atoms with E-state index in [0.29, 0.717) is 19.0 Å². The van der Waals surface area contributed by atoms with Crippen LogP contribution in [0.15, 0.2) is 4.99 Å². The second-order valence-electron chi connectivity index (χ2n) is 7.37. The van der Waals surface area contributed by atoms with Gasteiger partial charge in [0, 0.05) is 6.54 Å². The third-order valence-electron chi connectivity index (χ3n) is 5.17. The molecule has 4 rings (SSSR count). The first-order chi connectivity index (χ1) is 14.7. The predicted molar refractivity (Wildman–Crippen MR) is 100 cm³/mol. The van der Waals surface area contributed by atoms with Crippen LogP contribution in [-0.4, -0.2) is 103 Å². The highest BCUT2D eigenvalue weighted by Gasteiger charge is 2.58. The van der Waals surface area contributed by atoms with Crippen molar-refractivity contribution < 1.29 is 61.4 Å². The number of fused-ring (bicyclic) bond motifs is 2. The predicted octanol–water partition coefficient (Wildman–Crippen LogP) is -3.73. The highest BCUT2D eigenvalue weighted by molar-refractivity contribution is 7.66. The second-order valence-corrected chi connectivity index (χ2v) is 11.8. The van der Waals surface area contributed by atoms with Gasteiger partial charge in [0.15, 0.2) is 6.23 Å². The molecule has 0 saturated carbocycles. The highest BCUT2D eigenvalue weighted by atomic mass is 31.3. The molecule has 32 heavy (non-hydrogen) atoms. The molecule has 3 unspecified atom stereocenters. The molecule has 4 aliphatic rings. The topological polar surface area (TPSA) is 271 Å². The van der Waals surface area contributed by atoms with Crippen LogP contribution in [0, 0.1) is 0 Å². The molecule has 3 fully saturated rings. The fourth-order valence-corrected chi connectivity index (χ4v) is 6.74. The third kappa shape index (κ3) is 5.16. The minimum absolute atomic E-state index is 0.210. The zero-order valence-corrected chi connectivity index (χ0v) is 18.7. The van der Waals surface area contributed by atoms with E-state index in [1.54, 1.807) is 4.90 Å². The van der Waals surface area contributed by atoms with Gasteiger partial charge in [-0.15, -0.1) is 0 Å². The summed E-state index contributed by atoms with van der Waals surface area (Å²) in [7, 11) is -16.6. The number of aliphatic imine (C=N–C) groups is 1. The van der Waals surface area contributed by atoms with Crippen molar-refractivity contribution in [2.24, 2.45) is 4.99 Å². The number of aliphatic hydroxyl groups is 2. The van der Waals surface area contributed by atoms with Crippen LogP contribution in [0.5, 0.6) is 0 Å². The smallest absolute Gasteiger partial charge is 0.387 e. The Morgan fingerprint density at radius 3 is 2.41 bits per heavy atom. The minimum Gasteiger partial charge on any atom is -0.387 e. The molecule has 18 nitrogen and oxygen atoms in total. The van der Waals surface area contributed by atoms with E-state index in [4.69, 9.17) is 19.4 Å². The molecule has 9 N–H and O–H groups in total. The second kappa shape index (κ2) is 8.39. The van der Waals surface area contributed by atoms with Gasteiger partial charge in [-0.3, -0.25) is 25.5 Å². The SMILES string of the molecule is O=P(O)(O)OP(=O)(O)OP(=O)(O)OC[C@H]1O[C@@H](N2CNC3C2=NCN[C@@]32CN2)[C@H](O)[C@@H]1O. The lowest BCUT2D eigenvalue weighted by atomic mass is 10.1. The third-order valence-corrected chi connectivity index (χ3v) is 8.97. The molecule has 0 radical (unpaired) electrons. The molecule has 4 aliphatic heterocycles. The monoisotopic (exact) mass is 525 g/mol. The van der Waals surface area contributed by atoms with Gasteiger partial charge in [-0.1, -0.05) is 0 Å². The van der Waals surface area contributed by atoms with Crippen molar-refractivity contribution in [2.75, 3.05) is 26.5 Å². The zero-order chi connectivity index (χ0) is 23.5. The summed E-state index contributed by atoms with van der Waals surface area (Å²) in [6, 6.07) is -0.210. The molecule has 4 heterocycles. The molecule has 0 aromatic heterocycles. The van der Waals surface area contributed by atoms with Gasteiger partial charge in [0.1, 0.15) is 29.8 Å². The van der Waals surface area contributed by atoms with E-state index in [2.05, 4.69) is 34.1 Å². The molecule has 0 aromatic rings. The Hall–Kier alpha value is -0.360. The first kappa shape index (κ1) is 24.8. The molecule has 0 bridgehead atoms. The highest BCUT2D eigenvalue weighted by Crippen LogP contribution is 2.66. The van der Waals surface area contributed by atoms with Gasteiger partial charge in [-0.2, -0.15) is 8.62 Å². The summed E-state index contributed by atoms with van der Waals surface area (Å²) in [5.41, 5.74) is -0.356. The Bertz CT molecular complexity index is 925. The molecule has 0 aliphatic carbocycles. The van der Waals surface area contributed by atoms with Crippen LogP contribution in [0.3, 0.4) is 0 Å². The number of nitrogens with one attached hydrogen (secondary N) is 3. The number of hydrogen-bond donors (Lipinski definition) is 9. The van der Waals surface area contributed by atoms with Gasteiger partial charge >= 0.3 is 23.5 Å². The average molecular weight is 525 g/mol. The molecule has 21 heteroatoms. The number of ether oxygens (including phenoxy) is 1. The molecular weight excluding hydrogens is 503 g/mol. The molecule has 3 saturated heterocycles. The Morgan fingerprint density at radius 2 is 1.78 bits per heavy atom. The average Bonchev–Trinajstić information content (AvgIpc) is 3.16. The van der Waals surface area contributed by atoms with Gasteiger partial charge in [-0.25, -0.2) is 13.7 Å². The van der Waals surface area contributed by atoms with Crippen LogP contribution < -0.4 is 16.0 Å². The van der Waals surface area contributed by atoms with Crippen molar-refractivity contribution in [1.29, 1.82) is 0 Å². The van der Waals surface area contributed by atoms with Crippen molar-refractivity contribution in [2.45, 2.75) is 36.2 Å². The maximum atomic E-state index is 11.9. The van der Waals surface area contributed by atoms with E-state index in [1.807, 2.05) is 0 Å². The number of rotatable bonds is 8. The van der Waals surface area contributed by atoms with E-state index < -0.39 is 54.6 Å². The summed E-state index contributed by atoms with van der Waals surface area (Å²) < 4.78 is 51.2. The van der Waals surface area contributed by atoms with E-state index in [9.17, 15) is 28.8 Å². The lowest BCUT2D eigenvalue weighted by Crippen LogP contribution is -2.58. The summed E-state index contributed by atoms with van der Waals surface area (Å²) in [6.45, 7) is 0.364. The molecule has 1 spiro atoms. The molecule has 184 valence electrons. The summed E-state index contributed by atoms with van der Waals surface area (Å²) in [5.74, 6) is 0.582. The van der Waals surface area contributed by atoms with E-state index in [0.717, 1.165) is 0 Å². The lowest BCUT2D eigenvalue weighted by molar-refractivity contribution is -0.0688. The number of aliphatic hydroxyl groups excluding tert-OH is 2. The van der Waals surface area contributed by atoms with Crippen LogP contribution in [0.2, 0.25) is 0 Å². The first-order valence-corrected chi connectivity index (χ1v) is 13.6. The summed E-state index contributed by atoms with van der Waals surface area (Å²) in [6.07, 6.45) is -5.51. The quantitative estimate of drug-likeness (QED) is 0.109. The van der Waals surface area contributed by atoms with E-state index in [-0.39, 0.29) is 18.4 Å². The standard InChI is InChI=1S/C11H22N5O13P3/c17-6-5(1-26-31(22,23)29-32(24,25)28-30(19,20)21)27-10(7(6)18)16-4-13-8-9(16)12-3-15-11(8)2-14-11/h5-8,10,13-15,17-18H,1-4H2,(H,22,23)(H,24,25)(H2,19,20,21)/t5-,6-,7-,8?,10-,11+/m1/s1. The van der Waals surface area contributed by atoms with Crippen LogP contribution >= 0.6 is 23.5 Å². The van der Waals surface area contributed by atoms with Crippen molar-refractivity contribution in [3.63, 3.8) is 0 Å². The Labute approximate surface area is 180 Å². The maximum Gasteiger partial charge on any atom is 0.490 e. The fraction of sp³-hybridized carbons (Fsp3) is 0.909. The summed E-state index contributed by atoms with van der Waals surface area (Å²) in [4.78, 5) is 41.7. The van der Waals surface area contributed by atoms with Crippen molar-refractivity contribution in [1.82, 2.24) is 20.9 Å². The van der Waals surface area contributed by atoms with Crippen LogP contribution in [0.4, 0.5) is 0 Å². The van der Waals surface area contributed by atoms with Crippen molar-refractivity contribution in [3.05, 3.63) is 0 Å². The van der Waals surface area contributed by atoms with Crippen molar-refractivity contribution >= 4 is 29.3 Å². The number of hydrogen-bond acceptors (Lipinski definition) is 14.